The van der Waals surface area contributed by atoms with Gasteiger partial charge in [-0.2, -0.15) is 0 Å². The van der Waals surface area contributed by atoms with Crippen LogP contribution in [0.2, 0.25) is 0 Å². The number of methoxy groups -OCH3 is 1. The molecular formula is C14H15NO7. The van der Waals surface area contributed by atoms with Crippen molar-refractivity contribution in [3.63, 3.8) is 0 Å². The number of carbonyl (C=O) groups is 3. The van der Waals surface area contributed by atoms with Gasteiger partial charge in [-0.05, 0) is 24.6 Å². The topological polar surface area (TPSA) is 122 Å². The first-order chi connectivity index (χ1) is 10.3. The van der Waals surface area contributed by atoms with Gasteiger partial charge in [0.25, 0.3) is 0 Å². The molecule has 118 valence electrons. The number of hydrogen-bond donors (Lipinski definition) is 3. The number of aliphatic carboxylic acids is 1. The molecule has 8 nitrogen and oxygen atoms in total. The molecule has 0 unspecified atom stereocenters. The normalized spacial score (nSPS) is 12.2. The fraction of sp³-hybridized carbons (Fsp3) is 0.214. The van der Waals surface area contributed by atoms with Crippen molar-refractivity contribution in [3.05, 3.63) is 41.6 Å². The van der Waals surface area contributed by atoms with E-state index in [1.807, 2.05) is 0 Å². The van der Waals surface area contributed by atoms with E-state index in [2.05, 4.69) is 14.8 Å². The number of hydrogen-bond acceptors (Lipinski definition) is 7. The van der Waals surface area contributed by atoms with Gasteiger partial charge in [0.15, 0.2) is 6.04 Å². The van der Waals surface area contributed by atoms with Gasteiger partial charge in [0.1, 0.15) is 5.75 Å². The van der Waals surface area contributed by atoms with E-state index in [0.29, 0.717) is 5.56 Å². The summed E-state index contributed by atoms with van der Waals surface area (Å²) in [6.07, 6.45) is -0.325. The van der Waals surface area contributed by atoms with E-state index in [1.165, 1.54) is 31.2 Å². The summed E-state index contributed by atoms with van der Waals surface area (Å²) >= 11 is 0. The molecule has 3 N–H and O–H groups in total. The van der Waals surface area contributed by atoms with Crippen molar-refractivity contribution < 1.29 is 34.1 Å². The number of phenolic OH excluding ortho intramolecular Hbond substituents is 1. The highest BCUT2D eigenvalue weighted by Gasteiger charge is 2.25. The zero-order valence-electron chi connectivity index (χ0n) is 11.9. The second kappa shape index (κ2) is 7.67. The maximum absolute atomic E-state index is 12.0. The Bertz CT molecular complexity index is 592. The first kappa shape index (κ1) is 17.0. The van der Waals surface area contributed by atoms with Crippen LogP contribution in [0.1, 0.15) is 18.5 Å². The fourth-order valence-electron chi connectivity index (χ4n) is 1.58. The van der Waals surface area contributed by atoms with Crippen LogP contribution in [0.5, 0.6) is 5.75 Å². The van der Waals surface area contributed by atoms with E-state index in [9.17, 15) is 19.5 Å². The summed E-state index contributed by atoms with van der Waals surface area (Å²) in [6, 6.07) is 4.39. The first-order valence-electron chi connectivity index (χ1n) is 6.09. The Morgan fingerprint density at radius 2 is 1.82 bits per heavy atom. The largest absolute Gasteiger partial charge is 0.515 e. The fourth-order valence-corrected chi connectivity index (χ4v) is 1.58. The number of carboxylic acids is 1. The molecule has 0 bridgehead atoms. The van der Waals surface area contributed by atoms with Crippen LogP contribution in [0.25, 0.3) is 0 Å². The second-order valence-electron chi connectivity index (χ2n) is 4.21. The maximum atomic E-state index is 12.0. The summed E-state index contributed by atoms with van der Waals surface area (Å²) < 4.78 is 8.69. The van der Waals surface area contributed by atoms with Crippen LogP contribution in [-0.4, -0.2) is 35.4 Å². The molecule has 0 amide bonds. The summed E-state index contributed by atoms with van der Waals surface area (Å²) in [5, 5.41) is 20.6. The molecule has 0 aliphatic heterocycles. The highest BCUT2D eigenvalue weighted by atomic mass is 16.7. The third-order valence-electron chi connectivity index (χ3n) is 2.52. The minimum atomic E-state index is -1.20. The van der Waals surface area contributed by atoms with Crippen LogP contribution in [0, 0.1) is 0 Å². The van der Waals surface area contributed by atoms with Gasteiger partial charge >= 0.3 is 18.1 Å². The average Bonchev–Trinajstić information content (AvgIpc) is 2.44. The summed E-state index contributed by atoms with van der Waals surface area (Å²) in [5.74, 6) is -2.19. The lowest BCUT2D eigenvalue weighted by atomic mass is 10.1. The van der Waals surface area contributed by atoms with Gasteiger partial charge < -0.3 is 25.0 Å². The average molecular weight is 309 g/mol. The molecule has 0 aliphatic rings. The van der Waals surface area contributed by atoms with Crippen molar-refractivity contribution in [2.45, 2.75) is 13.0 Å². The van der Waals surface area contributed by atoms with E-state index in [0.717, 1.165) is 13.2 Å². The minimum Gasteiger partial charge on any atom is -0.508 e. The molecule has 8 heteroatoms. The number of phenols is 1. The Kier molecular flexibility index (Phi) is 5.94. The molecule has 0 aliphatic carbocycles. The van der Waals surface area contributed by atoms with Crippen LogP contribution in [0.3, 0.4) is 0 Å². The monoisotopic (exact) mass is 309 g/mol. The Morgan fingerprint density at radius 1 is 1.23 bits per heavy atom. The Morgan fingerprint density at radius 3 is 2.32 bits per heavy atom. The van der Waals surface area contributed by atoms with Gasteiger partial charge in [-0.3, -0.25) is 0 Å². The number of esters is 1. The number of aromatic hydroxyl groups is 1. The van der Waals surface area contributed by atoms with E-state index < -0.39 is 24.1 Å². The van der Waals surface area contributed by atoms with Gasteiger partial charge in [-0.1, -0.05) is 12.1 Å². The van der Waals surface area contributed by atoms with E-state index in [1.54, 1.807) is 0 Å². The number of rotatable bonds is 5. The number of benzene rings is 1. The zero-order chi connectivity index (χ0) is 16.7. The molecule has 1 aromatic rings. The summed E-state index contributed by atoms with van der Waals surface area (Å²) in [4.78, 5) is 33.7. The standard InChI is InChI=1S/C14H15NO7/c1-8(7-11(17)18)15-12(13(19)22-14(20)21-2)9-3-5-10(16)6-4-9/h3-7,12,15-16H,1-2H3,(H,17,18)/b8-7+/t12-/m1/s1. The molecule has 0 spiro atoms. The van der Waals surface area contributed by atoms with Gasteiger partial charge in [0.05, 0.1) is 7.11 Å². The quantitative estimate of drug-likeness (QED) is 0.423. The van der Waals surface area contributed by atoms with Crippen LogP contribution in [-0.2, 0) is 19.1 Å². The van der Waals surface area contributed by atoms with Gasteiger partial charge in [-0.15, -0.1) is 0 Å². The van der Waals surface area contributed by atoms with Crippen molar-refractivity contribution in [3.8, 4) is 5.75 Å². The molecule has 1 atom stereocenters. The van der Waals surface area contributed by atoms with Crippen LogP contribution in [0.15, 0.2) is 36.0 Å². The lowest BCUT2D eigenvalue weighted by molar-refractivity contribution is -0.142. The second-order valence-corrected chi connectivity index (χ2v) is 4.21. The van der Waals surface area contributed by atoms with Crippen LogP contribution >= 0.6 is 0 Å². The maximum Gasteiger partial charge on any atom is 0.515 e. The third kappa shape index (κ3) is 5.16. The molecule has 1 aromatic carbocycles. The summed E-state index contributed by atoms with van der Waals surface area (Å²) in [6.45, 7) is 1.44. The molecule has 0 saturated heterocycles. The summed E-state index contributed by atoms with van der Waals surface area (Å²) in [5.41, 5.74) is 0.539. The molecule has 0 aromatic heterocycles. The number of nitrogens with one attached hydrogen (secondary N) is 1. The third-order valence-corrected chi connectivity index (χ3v) is 2.52. The van der Waals surface area contributed by atoms with Crippen molar-refractivity contribution in [2.75, 3.05) is 7.11 Å². The minimum absolute atomic E-state index is 0.0124. The molecule has 22 heavy (non-hydrogen) atoms. The Balaban J connectivity index is 3.04. The molecule has 0 saturated carbocycles. The predicted octanol–water partition coefficient (Wildman–Crippen LogP) is 1.32. The van der Waals surface area contributed by atoms with Crippen LogP contribution in [0.4, 0.5) is 4.79 Å². The Labute approximate surface area is 126 Å². The number of ether oxygens (including phenoxy) is 2. The summed E-state index contributed by atoms with van der Waals surface area (Å²) in [7, 11) is 1.05. The highest BCUT2D eigenvalue weighted by molar-refractivity contribution is 5.87. The molecule has 0 heterocycles. The molecule has 0 radical (unpaired) electrons. The molecule has 0 fully saturated rings. The van der Waals surface area contributed by atoms with Crippen molar-refractivity contribution >= 4 is 18.1 Å². The molecule has 1 rings (SSSR count). The van der Waals surface area contributed by atoms with Gasteiger partial charge in [0.2, 0.25) is 0 Å². The van der Waals surface area contributed by atoms with E-state index >= 15 is 0 Å². The highest BCUT2D eigenvalue weighted by Crippen LogP contribution is 2.19. The first-order valence-corrected chi connectivity index (χ1v) is 6.09. The lowest BCUT2D eigenvalue weighted by Crippen LogP contribution is -2.31. The van der Waals surface area contributed by atoms with Gasteiger partial charge in [-0.25, -0.2) is 14.4 Å². The predicted molar refractivity (Wildman–Crippen MR) is 73.9 cm³/mol. The lowest BCUT2D eigenvalue weighted by Gasteiger charge is -2.18. The SMILES string of the molecule is COC(=O)OC(=O)[C@H](N/C(C)=C/C(=O)O)c1ccc(O)cc1. The Hall–Kier alpha value is -3.03. The molecular weight excluding hydrogens is 294 g/mol. The zero-order valence-corrected chi connectivity index (χ0v) is 11.9. The van der Waals surface area contributed by atoms with E-state index in [4.69, 9.17) is 5.11 Å². The number of carboxylic acid groups (broad SMARTS) is 1. The van der Waals surface area contributed by atoms with Crippen molar-refractivity contribution in [1.82, 2.24) is 5.32 Å². The number of allylic oxidation sites excluding steroid dienone is 1. The van der Waals surface area contributed by atoms with Gasteiger partial charge in [0, 0.05) is 11.8 Å². The van der Waals surface area contributed by atoms with E-state index in [-0.39, 0.29) is 11.4 Å². The van der Waals surface area contributed by atoms with Crippen molar-refractivity contribution in [2.24, 2.45) is 0 Å². The van der Waals surface area contributed by atoms with Crippen molar-refractivity contribution in [1.29, 1.82) is 0 Å². The number of carbonyl (C=O) groups excluding carboxylic acids is 2. The smallest absolute Gasteiger partial charge is 0.508 e. The van der Waals surface area contributed by atoms with Crippen LogP contribution < -0.4 is 5.32 Å².